The van der Waals surface area contributed by atoms with Crippen LogP contribution in [0.15, 0.2) is 40.5 Å². The first-order chi connectivity index (χ1) is 13.9. The number of benzene rings is 1. The molecule has 2 aromatic heterocycles. The van der Waals surface area contributed by atoms with Crippen molar-refractivity contribution >= 4 is 51.1 Å². The maximum Gasteiger partial charge on any atom is 0.344 e. The number of carbonyl (C=O) groups excluding carboxylic acids is 1. The van der Waals surface area contributed by atoms with Crippen molar-refractivity contribution in [2.24, 2.45) is 7.05 Å². The van der Waals surface area contributed by atoms with E-state index in [0.29, 0.717) is 52.0 Å². The highest BCUT2D eigenvalue weighted by Crippen LogP contribution is 2.35. The Bertz CT molecular complexity index is 1160. The highest BCUT2D eigenvalue weighted by atomic mass is 35.5. The Morgan fingerprint density at radius 1 is 1.17 bits per heavy atom. The molecular formula is C20H20ClN4O3S+. The number of rotatable bonds is 3. The highest BCUT2D eigenvalue weighted by molar-refractivity contribution is 7.12. The zero-order valence-corrected chi connectivity index (χ0v) is 17.7. The predicted molar refractivity (Wildman–Crippen MR) is 116 cm³/mol. The Hall–Kier alpha value is -2.71. The molecule has 0 N–H and O–H groups in total. The summed E-state index contributed by atoms with van der Waals surface area (Å²) in [4.78, 5) is 42.4. The molecule has 0 unspecified atom stereocenters. The first-order valence-electron chi connectivity index (χ1n) is 9.19. The van der Waals surface area contributed by atoms with Gasteiger partial charge in [0, 0.05) is 53.3 Å². The summed E-state index contributed by atoms with van der Waals surface area (Å²) < 4.78 is 2.08. The molecule has 9 heteroatoms. The van der Waals surface area contributed by atoms with Gasteiger partial charge in [0.05, 0.1) is 10.4 Å². The number of amides is 1. The van der Waals surface area contributed by atoms with E-state index in [4.69, 9.17) is 11.6 Å². The van der Waals surface area contributed by atoms with E-state index >= 15 is 0 Å². The third-order valence-electron chi connectivity index (χ3n) is 5.24. The van der Waals surface area contributed by atoms with Crippen molar-refractivity contribution in [3.05, 3.63) is 60.9 Å². The molecule has 0 aliphatic carbocycles. The summed E-state index contributed by atoms with van der Waals surface area (Å²) in [6.07, 6.45) is 0. The van der Waals surface area contributed by atoms with Crippen LogP contribution in [-0.2, 0) is 7.05 Å². The fraction of sp³-hybridized carbons (Fsp3) is 0.300. The fourth-order valence-corrected chi connectivity index (χ4v) is 4.64. The van der Waals surface area contributed by atoms with Gasteiger partial charge in [-0.1, -0.05) is 17.7 Å². The average molecular weight is 432 g/mol. The van der Waals surface area contributed by atoms with Gasteiger partial charge in [-0.15, -0.1) is 11.3 Å². The number of hydrogen-bond acceptors (Lipinski definition) is 5. The number of piperazine rings is 1. The smallest absolute Gasteiger partial charge is 0.344 e. The molecule has 0 spiro atoms. The van der Waals surface area contributed by atoms with Gasteiger partial charge in [0.2, 0.25) is 0 Å². The molecule has 7 nitrogen and oxygen atoms in total. The third kappa shape index (κ3) is 3.42. The number of anilines is 1. The summed E-state index contributed by atoms with van der Waals surface area (Å²) in [5, 5.41) is 3.16. The zero-order valence-electron chi connectivity index (χ0n) is 16.1. The van der Waals surface area contributed by atoms with Crippen molar-refractivity contribution in [1.82, 2.24) is 9.47 Å². The van der Waals surface area contributed by atoms with Crippen LogP contribution in [0.3, 0.4) is 0 Å². The van der Waals surface area contributed by atoms with Crippen molar-refractivity contribution < 1.29 is 9.55 Å². The molecule has 150 valence electrons. The number of carbonyl (C=O) groups is 1. The topological polar surface area (TPSA) is 65.6 Å². The summed E-state index contributed by atoms with van der Waals surface area (Å²) >= 11 is 7.65. The third-order valence-corrected chi connectivity index (χ3v) is 6.33. The zero-order chi connectivity index (χ0) is 20.7. The molecule has 1 aliphatic heterocycles. The Balaban J connectivity index is 1.74. The lowest BCUT2D eigenvalue weighted by Crippen LogP contribution is -2.49. The van der Waals surface area contributed by atoms with Gasteiger partial charge in [0.1, 0.15) is 5.69 Å². The number of aromatic nitrogens is 1. The minimum Gasteiger partial charge on any atom is -0.362 e. The van der Waals surface area contributed by atoms with Gasteiger partial charge in [-0.05, 0) is 29.6 Å². The monoisotopic (exact) mass is 431 g/mol. The van der Waals surface area contributed by atoms with Crippen molar-refractivity contribution in [2.75, 3.05) is 38.1 Å². The lowest BCUT2D eigenvalue weighted by Gasteiger charge is -2.36. The summed E-state index contributed by atoms with van der Waals surface area (Å²) in [6, 6.07) is 8.97. The van der Waals surface area contributed by atoms with Crippen molar-refractivity contribution in [3.63, 3.8) is 0 Å². The minimum absolute atomic E-state index is 0.0118. The Morgan fingerprint density at radius 3 is 2.52 bits per heavy atom. The Kier molecular flexibility index (Phi) is 5.14. The van der Waals surface area contributed by atoms with Crippen LogP contribution >= 0.6 is 22.9 Å². The normalized spacial score (nSPS) is 14.4. The first-order valence-corrected chi connectivity index (χ1v) is 10.4. The van der Waals surface area contributed by atoms with E-state index in [2.05, 4.69) is 0 Å². The van der Waals surface area contributed by atoms with Gasteiger partial charge in [-0.25, -0.2) is 0 Å². The van der Waals surface area contributed by atoms with E-state index < -0.39 is 0 Å². The number of thiophene rings is 1. The number of fused-ring (bicyclic) bond motifs is 1. The van der Waals surface area contributed by atoms with Crippen LogP contribution in [0.25, 0.3) is 10.9 Å². The SMILES string of the molecule is Cn1c(=O)c([N+](C)=O)c(N2CCN(C(=O)c3cccs3)CC2)c2cc(Cl)ccc21. The van der Waals surface area contributed by atoms with E-state index in [-0.39, 0.29) is 17.2 Å². The van der Waals surface area contributed by atoms with E-state index in [1.54, 1.807) is 30.1 Å². The second-order valence-corrected chi connectivity index (χ2v) is 8.36. The van der Waals surface area contributed by atoms with Gasteiger partial charge in [0.15, 0.2) is 7.05 Å². The molecule has 1 aliphatic rings. The molecule has 0 radical (unpaired) electrons. The van der Waals surface area contributed by atoms with Crippen molar-refractivity contribution in [1.29, 1.82) is 0 Å². The molecular weight excluding hydrogens is 412 g/mol. The number of nitrogens with zero attached hydrogens (tertiary/aromatic N) is 4. The van der Waals surface area contributed by atoms with Crippen molar-refractivity contribution in [2.45, 2.75) is 0 Å². The number of pyridine rings is 1. The van der Waals surface area contributed by atoms with E-state index in [9.17, 15) is 14.5 Å². The molecule has 1 fully saturated rings. The van der Waals surface area contributed by atoms with Gasteiger partial charge in [-0.3, -0.25) is 9.59 Å². The molecule has 0 bridgehead atoms. The number of halogens is 1. The lowest BCUT2D eigenvalue weighted by atomic mass is 10.1. The molecule has 1 amide bonds. The molecule has 4 rings (SSSR count). The number of hydrogen-bond donors (Lipinski definition) is 0. The minimum atomic E-state index is -0.357. The lowest BCUT2D eigenvalue weighted by molar-refractivity contribution is -0.428. The summed E-state index contributed by atoms with van der Waals surface area (Å²) in [5.41, 5.74) is 1.01. The molecule has 0 atom stereocenters. The van der Waals surface area contributed by atoms with Gasteiger partial charge in [0.25, 0.3) is 5.91 Å². The quantitative estimate of drug-likeness (QED) is 0.597. The second-order valence-electron chi connectivity index (χ2n) is 6.98. The molecule has 1 saturated heterocycles. The highest BCUT2D eigenvalue weighted by Gasteiger charge is 2.32. The van der Waals surface area contributed by atoms with E-state index in [0.717, 1.165) is 5.39 Å². The summed E-state index contributed by atoms with van der Waals surface area (Å²) in [5.74, 6) is 0.0118. The molecule has 0 saturated carbocycles. The number of nitroso groups, excluding NO2 is 1. The van der Waals surface area contributed by atoms with Crippen LogP contribution in [0.5, 0.6) is 0 Å². The average Bonchev–Trinajstić information content (AvgIpc) is 3.24. The van der Waals surface area contributed by atoms with Crippen LogP contribution in [0.4, 0.5) is 11.4 Å². The van der Waals surface area contributed by atoms with E-state index in [1.807, 2.05) is 22.4 Å². The largest absolute Gasteiger partial charge is 0.362 e. The maximum absolute atomic E-state index is 12.9. The van der Waals surface area contributed by atoms with Gasteiger partial charge >= 0.3 is 11.2 Å². The van der Waals surface area contributed by atoms with Crippen LogP contribution in [0, 0.1) is 4.91 Å². The Morgan fingerprint density at radius 2 is 1.90 bits per heavy atom. The van der Waals surface area contributed by atoms with Crippen LogP contribution < -0.4 is 10.5 Å². The Labute approximate surface area is 176 Å². The predicted octanol–water partition coefficient (Wildman–Crippen LogP) is 3.26. The molecule has 3 heterocycles. The fourth-order valence-electron chi connectivity index (χ4n) is 3.78. The molecule has 1 aromatic carbocycles. The first kappa shape index (κ1) is 19.6. The number of aryl methyl sites for hydroxylation is 1. The van der Waals surface area contributed by atoms with Gasteiger partial charge < -0.3 is 14.4 Å². The van der Waals surface area contributed by atoms with Crippen LogP contribution in [0.2, 0.25) is 5.02 Å². The maximum atomic E-state index is 12.9. The molecule has 29 heavy (non-hydrogen) atoms. The standard InChI is InChI=1S/C20H20ClN4O3S/c1-22-15-6-5-13(21)12-14(15)17(18(20(22)27)23(2)28)24-7-9-25(10-8-24)19(26)16-4-3-11-29-16/h3-6,11-12H,7-10H2,1-2H3/q+1. The van der Waals surface area contributed by atoms with E-state index in [1.165, 1.54) is 23.0 Å². The van der Waals surface area contributed by atoms with Gasteiger partial charge in [-0.2, -0.15) is 0 Å². The van der Waals surface area contributed by atoms with Crippen molar-refractivity contribution in [3.8, 4) is 0 Å². The van der Waals surface area contributed by atoms with Crippen LogP contribution in [0.1, 0.15) is 9.67 Å². The molecule has 3 aromatic rings. The summed E-state index contributed by atoms with van der Waals surface area (Å²) in [6.45, 7) is 2.06. The van der Waals surface area contributed by atoms with Crippen LogP contribution in [-0.4, -0.2) is 53.4 Å². The summed E-state index contributed by atoms with van der Waals surface area (Å²) in [7, 11) is 2.97. The second kappa shape index (κ2) is 7.61.